The van der Waals surface area contributed by atoms with Crippen LogP contribution in [0.2, 0.25) is 0 Å². The number of aromatic nitrogens is 1. The Morgan fingerprint density at radius 2 is 1.96 bits per heavy atom. The zero-order valence-electron chi connectivity index (χ0n) is 13.7. The molecule has 3 rings (SSSR count). The Hall–Kier alpha value is -3.61. The number of non-ortho nitro benzene ring substituents is 1. The fourth-order valence-corrected chi connectivity index (χ4v) is 2.26. The lowest BCUT2D eigenvalue weighted by molar-refractivity contribution is -0.385. The van der Waals surface area contributed by atoms with Crippen molar-refractivity contribution in [2.75, 3.05) is 0 Å². The summed E-state index contributed by atoms with van der Waals surface area (Å²) < 4.78 is 19.2. The van der Waals surface area contributed by atoms with Gasteiger partial charge in [0.1, 0.15) is 17.8 Å². The highest BCUT2D eigenvalue weighted by Gasteiger charge is 2.14. The first-order chi connectivity index (χ1) is 12.4. The first kappa shape index (κ1) is 17.2. The van der Waals surface area contributed by atoms with Crippen LogP contribution in [0.3, 0.4) is 0 Å². The molecule has 0 N–H and O–H groups in total. The van der Waals surface area contributed by atoms with Crippen molar-refractivity contribution in [3.8, 4) is 11.5 Å². The van der Waals surface area contributed by atoms with Crippen molar-refractivity contribution in [1.82, 2.24) is 4.98 Å². The standard InChI is InChI=1S/C19H13FN2O4/c1-12-2-4-13(5-3-12)19-21-14(11-26-19)6-9-18(23)16-8-7-15(22(24)25)10-17(16)20/h2-11H,1H3. The van der Waals surface area contributed by atoms with Crippen molar-refractivity contribution in [2.24, 2.45) is 0 Å². The maximum atomic E-state index is 13.9. The van der Waals surface area contributed by atoms with Gasteiger partial charge in [-0.3, -0.25) is 14.9 Å². The second-order valence-corrected chi connectivity index (χ2v) is 5.56. The minimum absolute atomic E-state index is 0.255. The van der Waals surface area contributed by atoms with E-state index in [0.717, 1.165) is 29.3 Å². The molecule has 0 aliphatic rings. The Morgan fingerprint density at radius 1 is 1.23 bits per heavy atom. The number of oxazole rings is 1. The fraction of sp³-hybridized carbons (Fsp3) is 0.0526. The van der Waals surface area contributed by atoms with Gasteiger partial charge in [0.25, 0.3) is 5.69 Å². The summed E-state index contributed by atoms with van der Waals surface area (Å²) in [6.07, 6.45) is 3.91. The molecular weight excluding hydrogens is 339 g/mol. The number of hydrogen-bond donors (Lipinski definition) is 0. The van der Waals surface area contributed by atoms with E-state index in [0.29, 0.717) is 17.7 Å². The van der Waals surface area contributed by atoms with Gasteiger partial charge in [0.2, 0.25) is 5.89 Å². The highest BCUT2D eigenvalue weighted by atomic mass is 19.1. The third kappa shape index (κ3) is 3.72. The van der Waals surface area contributed by atoms with Crippen LogP contribution in [0.1, 0.15) is 21.6 Å². The highest BCUT2D eigenvalue weighted by molar-refractivity contribution is 6.07. The zero-order chi connectivity index (χ0) is 18.7. The fourth-order valence-electron chi connectivity index (χ4n) is 2.26. The highest BCUT2D eigenvalue weighted by Crippen LogP contribution is 2.20. The molecule has 2 aromatic carbocycles. The summed E-state index contributed by atoms with van der Waals surface area (Å²) in [5.41, 5.74) is 1.63. The van der Waals surface area contributed by atoms with Gasteiger partial charge in [-0.05, 0) is 37.3 Å². The van der Waals surface area contributed by atoms with Crippen LogP contribution in [0.5, 0.6) is 0 Å². The molecule has 3 aromatic rings. The number of benzene rings is 2. The van der Waals surface area contributed by atoms with Gasteiger partial charge in [0.15, 0.2) is 5.78 Å². The predicted molar refractivity (Wildman–Crippen MR) is 93.1 cm³/mol. The van der Waals surface area contributed by atoms with Crippen molar-refractivity contribution in [3.05, 3.63) is 87.6 Å². The van der Waals surface area contributed by atoms with Crippen LogP contribution >= 0.6 is 0 Å². The molecule has 0 saturated heterocycles. The number of hydrogen-bond acceptors (Lipinski definition) is 5. The van der Waals surface area contributed by atoms with E-state index in [2.05, 4.69) is 4.98 Å². The molecule has 1 heterocycles. The lowest BCUT2D eigenvalue weighted by atomic mass is 10.1. The Morgan fingerprint density at radius 3 is 2.62 bits per heavy atom. The van der Waals surface area contributed by atoms with Crippen molar-refractivity contribution >= 4 is 17.5 Å². The molecule has 0 aliphatic carbocycles. The minimum Gasteiger partial charge on any atom is -0.444 e. The van der Waals surface area contributed by atoms with Crippen LogP contribution in [0.4, 0.5) is 10.1 Å². The van der Waals surface area contributed by atoms with E-state index in [9.17, 15) is 19.3 Å². The lowest BCUT2D eigenvalue weighted by Gasteiger charge is -1.98. The molecule has 130 valence electrons. The average Bonchev–Trinajstić information content (AvgIpc) is 3.09. The quantitative estimate of drug-likeness (QED) is 0.290. The summed E-state index contributed by atoms with van der Waals surface area (Å²) in [6.45, 7) is 1.97. The van der Waals surface area contributed by atoms with E-state index in [-0.39, 0.29) is 5.56 Å². The topological polar surface area (TPSA) is 86.2 Å². The third-order valence-electron chi connectivity index (χ3n) is 3.65. The first-order valence-corrected chi connectivity index (χ1v) is 7.63. The number of carbonyl (C=O) groups excluding carboxylic acids is 1. The van der Waals surface area contributed by atoms with Gasteiger partial charge >= 0.3 is 0 Å². The summed E-state index contributed by atoms with van der Waals surface area (Å²) in [7, 11) is 0. The smallest absolute Gasteiger partial charge is 0.272 e. The average molecular weight is 352 g/mol. The molecule has 0 fully saturated rings. The minimum atomic E-state index is -0.950. The largest absolute Gasteiger partial charge is 0.444 e. The molecule has 0 amide bonds. The van der Waals surface area contributed by atoms with Crippen LogP contribution in [-0.4, -0.2) is 15.7 Å². The number of rotatable bonds is 5. The van der Waals surface area contributed by atoms with Gasteiger partial charge in [-0.2, -0.15) is 0 Å². The summed E-state index contributed by atoms with van der Waals surface area (Å²) in [5, 5.41) is 10.6. The van der Waals surface area contributed by atoms with Crippen LogP contribution in [0, 0.1) is 22.9 Å². The van der Waals surface area contributed by atoms with Gasteiger partial charge in [-0.25, -0.2) is 9.37 Å². The normalized spacial score (nSPS) is 11.0. The maximum absolute atomic E-state index is 13.9. The molecule has 0 saturated carbocycles. The number of allylic oxidation sites excluding steroid dienone is 1. The van der Waals surface area contributed by atoms with Crippen molar-refractivity contribution < 1.29 is 18.5 Å². The number of carbonyl (C=O) groups is 1. The van der Waals surface area contributed by atoms with Gasteiger partial charge in [0.05, 0.1) is 16.6 Å². The summed E-state index contributed by atoms with van der Waals surface area (Å²) >= 11 is 0. The summed E-state index contributed by atoms with van der Waals surface area (Å²) in [5.74, 6) is -1.18. The lowest BCUT2D eigenvalue weighted by Crippen LogP contribution is -2.00. The molecule has 26 heavy (non-hydrogen) atoms. The molecule has 6 nitrogen and oxygen atoms in total. The Balaban J connectivity index is 1.77. The second-order valence-electron chi connectivity index (χ2n) is 5.56. The van der Waals surface area contributed by atoms with Gasteiger partial charge < -0.3 is 4.42 Å². The second kappa shape index (κ2) is 7.10. The zero-order valence-corrected chi connectivity index (χ0v) is 13.7. The van der Waals surface area contributed by atoms with E-state index in [1.807, 2.05) is 31.2 Å². The molecule has 0 spiro atoms. The van der Waals surface area contributed by atoms with Gasteiger partial charge in [-0.15, -0.1) is 0 Å². The Bertz CT molecular complexity index is 1010. The number of nitro benzene ring substituents is 1. The van der Waals surface area contributed by atoms with Crippen molar-refractivity contribution in [2.45, 2.75) is 6.92 Å². The SMILES string of the molecule is Cc1ccc(-c2nc(C=CC(=O)c3ccc([N+](=O)[O-])cc3F)co2)cc1. The van der Waals surface area contributed by atoms with Crippen LogP contribution < -0.4 is 0 Å². The van der Waals surface area contributed by atoms with Gasteiger partial charge in [0, 0.05) is 11.6 Å². The van der Waals surface area contributed by atoms with Crippen LogP contribution in [0.25, 0.3) is 17.5 Å². The number of nitrogens with zero attached hydrogens (tertiary/aromatic N) is 2. The van der Waals surface area contributed by atoms with Gasteiger partial charge in [-0.1, -0.05) is 17.7 Å². The molecule has 7 heteroatoms. The summed E-state index contributed by atoms with van der Waals surface area (Å²) in [6, 6.07) is 10.5. The van der Waals surface area contributed by atoms with E-state index in [1.165, 1.54) is 12.3 Å². The van der Waals surface area contributed by atoms with E-state index in [4.69, 9.17) is 4.42 Å². The predicted octanol–water partition coefficient (Wildman–Crippen LogP) is 4.59. The molecule has 0 unspecified atom stereocenters. The Kier molecular flexibility index (Phi) is 4.70. The maximum Gasteiger partial charge on any atom is 0.272 e. The molecule has 1 aromatic heterocycles. The number of halogens is 1. The molecule has 0 aliphatic heterocycles. The Labute approximate surface area is 147 Å². The first-order valence-electron chi connectivity index (χ1n) is 7.63. The monoisotopic (exact) mass is 352 g/mol. The van der Waals surface area contributed by atoms with Crippen LogP contribution in [-0.2, 0) is 0 Å². The van der Waals surface area contributed by atoms with Crippen LogP contribution in [0.15, 0.2) is 59.2 Å². The van der Waals surface area contributed by atoms with E-state index < -0.39 is 22.2 Å². The van der Waals surface area contributed by atoms with Crippen molar-refractivity contribution in [3.63, 3.8) is 0 Å². The third-order valence-corrected chi connectivity index (χ3v) is 3.65. The van der Waals surface area contributed by atoms with Crippen molar-refractivity contribution in [1.29, 1.82) is 0 Å². The number of aryl methyl sites for hydroxylation is 1. The number of ketones is 1. The number of nitro groups is 1. The summed E-state index contributed by atoms with van der Waals surface area (Å²) in [4.78, 5) is 26.2. The molecule has 0 radical (unpaired) electrons. The molecule has 0 bridgehead atoms. The van der Waals surface area contributed by atoms with E-state index >= 15 is 0 Å². The molecular formula is C19H13FN2O4. The molecule has 0 atom stereocenters. The van der Waals surface area contributed by atoms with E-state index in [1.54, 1.807) is 0 Å².